The molecule has 1 aliphatic carbocycles. The number of furan rings is 1. The van der Waals surface area contributed by atoms with Crippen LogP contribution in [0.25, 0.3) is 11.0 Å². The van der Waals surface area contributed by atoms with Crippen LogP contribution in [0.1, 0.15) is 39.4 Å². The average molecular weight is 339 g/mol. The fraction of sp³-hybridized carbons (Fsp3) is 0.263. The van der Waals surface area contributed by atoms with Gasteiger partial charge in [-0.1, -0.05) is 0 Å². The zero-order valence-electron chi connectivity index (χ0n) is 13.6. The maximum absolute atomic E-state index is 12.2. The Labute approximate surface area is 142 Å². The molecule has 0 saturated heterocycles. The van der Waals surface area contributed by atoms with Crippen molar-refractivity contribution in [2.45, 2.75) is 32.8 Å². The van der Waals surface area contributed by atoms with Crippen molar-refractivity contribution in [3.63, 3.8) is 0 Å². The molecule has 0 aliphatic heterocycles. The second-order valence-electron chi connectivity index (χ2n) is 6.11. The maximum Gasteiger partial charge on any atom is 0.339 e. The predicted molar refractivity (Wildman–Crippen MR) is 86.6 cm³/mol. The molecule has 0 radical (unpaired) electrons. The fourth-order valence-electron chi connectivity index (χ4n) is 3.33. The molecule has 4 rings (SSSR count). The van der Waals surface area contributed by atoms with Gasteiger partial charge in [-0.3, -0.25) is 0 Å². The Hall–Kier alpha value is -3.02. The van der Waals surface area contributed by atoms with Gasteiger partial charge in [0.05, 0.1) is 0 Å². The third-order valence-electron chi connectivity index (χ3n) is 4.57. The van der Waals surface area contributed by atoms with Crippen LogP contribution in [0.4, 0.5) is 0 Å². The number of fused-ring (bicyclic) bond motifs is 3. The summed E-state index contributed by atoms with van der Waals surface area (Å²) >= 11 is 0. The standard InChI is InChI=1S/C19H16O6/c1-10-15(23-9-11-5-7-16(24-11)18(20)21)8-6-13-12-3-2-4-14(12)19(22)25-17(10)13/h5-8H,2-4,9H2,1H3,(H,20,21)/p-1. The van der Waals surface area contributed by atoms with Crippen LogP contribution in [0, 0.1) is 6.92 Å². The van der Waals surface area contributed by atoms with Gasteiger partial charge in [0.1, 0.15) is 35.4 Å². The minimum Gasteiger partial charge on any atom is -0.542 e. The lowest BCUT2D eigenvalue weighted by atomic mass is 10.0. The third-order valence-corrected chi connectivity index (χ3v) is 4.57. The van der Waals surface area contributed by atoms with Gasteiger partial charge in [-0.2, -0.15) is 0 Å². The van der Waals surface area contributed by atoms with E-state index in [0.29, 0.717) is 17.1 Å². The molecule has 25 heavy (non-hydrogen) atoms. The Morgan fingerprint density at radius 1 is 1.16 bits per heavy atom. The maximum atomic E-state index is 12.2. The molecule has 0 amide bonds. The minimum atomic E-state index is -1.37. The third kappa shape index (κ3) is 2.59. The van der Waals surface area contributed by atoms with E-state index in [1.807, 2.05) is 19.1 Å². The molecule has 3 aromatic rings. The molecule has 1 aromatic carbocycles. The van der Waals surface area contributed by atoms with Crippen molar-refractivity contribution < 1.29 is 23.5 Å². The van der Waals surface area contributed by atoms with Gasteiger partial charge >= 0.3 is 5.63 Å². The lowest BCUT2D eigenvalue weighted by molar-refractivity contribution is -0.257. The van der Waals surface area contributed by atoms with Gasteiger partial charge in [0.15, 0.2) is 0 Å². The van der Waals surface area contributed by atoms with Crippen molar-refractivity contribution in [2.75, 3.05) is 0 Å². The molecule has 0 spiro atoms. The highest BCUT2D eigenvalue weighted by molar-refractivity contribution is 5.86. The highest BCUT2D eigenvalue weighted by Crippen LogP contribution is 2.33. The summed E-state index contributed by atoms with van der Waals surface area (Å²) < 4.78 is 16.3. The van der Waals surface area contributed by atoms with Crippen LogP contribution in [0.5, 0.6) is 5.75 Å². The van der Waals surface area contributed by atoms with Gasteiger partial charge in [0.25, 0.3) is 0 Å². The number of carboxylic acids is 1. The summed E-state index contributed by atoms with van der Waals surface area (Å²) in [5, 5.41) is 11.7. The number of ether oxygens (including phenoxy) is 1. The van der Waals surface area contributed by atoms with Crippen molar-refractivity contribution >= 4 is 16.9 Å². The Bertz CT molecular complexity index is 1040. The number of hydrogen-bond acceptors (Lipinski definition) is 6. The molecule has 0 fully saturated rings. The van der Waals surface area contributed by atoms with Crippen LogP contribution in [-0.4, -0.2) is 5.97 Å². The topological polar surface area (TPSA) is 92.7 Å². The molecule has 128 valence electrons. The van der Waals surface area contributed by atoms with Crippen molar-refractivity contribution in [2.24, 2.45) is 0 Å². The molecule has 0 unspecified atom stereocenters. The molecule has 1 aliphatic rings. The monoisotopic (exact) mass is 339 g/mol. The lowest BCUT2D eigenvalue weighted by Crippen LogP contribution is -2.21. The summed E-state index contributed by atoms with van der Waals surface area (Å²) in [6.07, 6.45) is 2.62. The highest BCUT2D eigenvalue weighted by atomic mass is 16.5. The van der Waals surface area contributed by atoms with E-state index in [2.05, 4.69) is 0 Å². The minimum absolute atomic E-state index is 0.0643. The van der Waals surface area contributed by atoms with E-state index in [-0.39, 0.29) is 18.0 Å². The van der Waals surface area contributed by atoms with Crippen LogP contribution in [0.3, 0.4) is 0 Å². The van der Waals surface area contributed by atoms with Gasteiger partial charge in [-0.25, -0.2) is 4.79 Å². The molecule has 6 nitrogen and oxygen atoms in total. The quantitative estimate of drug-likeness (QED) is 0.676. The highest BCUT2D eigenvalue weighted by Gasteiger charge is 2.21. The molecule has 2 aromatic heterocycles. The number of carboxylic acid groups (broad SMARTS) is 1. The van der Waals surface area contributed by atoms with Crippen LogP contribution >= 0.6 is 0 Å². The van der Waals surface area contributed by atoms with Crippen molar-refractivity contribution in [1.82, 2.24) is 0 Å². The van der Waals surface area contributed by atoms with E-state index in [0.717, 1.165) is 41.3 Å². The zero-order chi connectivity index (χ0) is 17.6. The molecule has 0 N–H and O–H groups in total. The number of carbonyl (C=O) groups excluding carboxylic acids is 1. The first kappa shape index (κ1) is 15.5. The van der Waals surface area contributed by atoms with Crippen LogP contribution in [0.2, 0.25) is 0 Å². The van der Waals surface area contributed by atoms with E-state index >= 15 is 0 Å². The summed E-state index contributed by atoms with van der Waals surface area (Å²) in [6, 6.07) is 6.58. The van der Waals surface area contributed by atoms with Gasteiger partial charge in [0, 0.05) is 16.5 Å². The van der Waals surface area contributed by atoms with E-state index < -0.39 is 5.97 Å². The number of aryl methyl sites for hydroxylation is 2. The van der Waals surface area contributed by atoms with E-state index in [1.165, 1.54) is 12.1 Å². The average Bonchev–Trinajstić information content (AvgIpc) is 3.24. The summed E-state index contributed by atoms with van der Waals surface area (Å²) in [7, 11) is 0. The molecule has 2 heterocycles. The summed E-state index contributed by atoms with van der Waals surface area (Å²) in [5.41, 5.74) is 2.86. The van der Waals surface area contributed by atoms with E-state index in [9.17, 15) is 14.7 Å². The summed E-state index contributed by atoms with van der Waals surface area (Å²) in [6.45, 7) is 1.89. The largest absolute Gasteiger partial charge is 0.542 e. The van der Waals surface area contributed by atoms with Gasteiger partial charge < -0.3 is 23.5 Å². The number of rotatable bonds is 4. The van der Waals surface area contributed by atoms with Crippen LogP contribution < -0.4 is 15.5 Å². The Kier molecular flexibility index (Phi) is 3.60. The molecule has 6 heteroatoms. The number of carbonyl (C=O) groups is 1. The van der Waals surface area contributed by atoms with Crippen LogP contribution in [0.15, 0.2) is 37.9 Å². The van der Waals surface area contributed by atoms with Crippen LogP contribution in [-0.2, 0) is 19.4 Å². The molecule has 0 saturated carbocycles. The normalized spacial score (nSPS) is 13.2. The first-order valence-corrected chi connectivity index (χ1v) is 8.05. The van der Waals surface area contributed by atoms with Gasteiger partial charge in [-0.15, -0.1) is 0 Å². The van der Waals surface area contributed by atoms with Crippen molar-refractivity contribution in [1.29, 1.82) is 0 Å². The number of benzene rings is 1. The number of aromatic carboxylic acids is 1. The second kappa shape index (κ2) is 5.81. The lowest BCUT2D eigenvalue weighted by Gasteiger charge is -2.11. The molecule has 0 atom stereocenters. The number of hydrogen-bond donors (Lipinski definition) is 0. The van der Waals surface area contributed by atoms with Gasteiger partial charge in [-0.05, 0) is 56.0 Å². The Morgan fingerprint density at radius 3 is 2.72 bits per heavy atom. The van der Waals surface area contributed by atoms with E-state index in [4.69, 9.17) is 13.6 Å². The SMILES string of the molecule is Cc1c(OCc2ccc(C(=O)[O-])o2)ccc2c3c(c(=O)oc12)CCC3. The molecular weight excluding hydrogens is 324 g/mol. The van der Waals surface area contributed by atoms with Gasteiger partial charge in [0.2, 0.25) is 0 Å². The first-order chi connectivity index (χ1) is 12.0. The Morgan fingerprint density at radius 2 is 1.96 bits per heavy atom. The van der Waals surface area contributed by atoms with Crippen molar-refractivity contribution in [3.8, 4) is 5.75 Å². The summed E-state index contributed by atoms with van der Waals surface area (Å²) in [5.74, 6) is -0.687. The second-order valence-corrected chi connectivity index (χ2v) is 6.11. The Balaban J connectivity index is 1.66. The zero-order valence-corrected chi connectivity index (χ0v) is 13.6. The first-order valence-electron chi connectivity index (χ1n) is 8.05. The van der Waals surface area contributed by atoms with Crippen molar-refractivity contribution in [3.05, 3.63) is 62.9 Å². The molecule has 0 bridgehead atoms. The van der Waals surface area contributed by atoms with E-state index in [1.54, 1.807) is 0 Å². The molecular formula is C19H15O6-. The summed E-state index contributed by atoms with van der Waals surface area (Å²) in [4.78, 5) is 22.9. The predicted octanol–water partition coefficient (Wildman–Crippen LogP) is 2.13. The smallest absolute Gasteiger partial charge is 0.339 e. The fourth-order valence-corrected chi connectivity index (χ4v) is 3.33.